The molecular formula is C10H12F2N2O2S. The van der Waals surface area contributed by atoms with Gasteiger partial charge >= 0.3 is 5.97 Å². The van der Waals surface area contributed by atoms with E-state index >= 15 is 0 Å². The summed E-state index contributed by atoms with van der Waals surface area (Å²) in [6.45, 7) is -0.434. The molecule has 0 unspecified atom stereocenters. The summed E-state index contributed by atoms with van der Waals surface area (Å²) in [5.41, 5.74) is 0.554. The van der Waals surface area contributed by atoms with Gasteiger partial charge in [-0.2, -0.15) is 0 Å². The van der Waals surface area contributed by atoms with Gasteiger partial charge in [-0.1, -0.05) is 11.3 Å². The van der Waals surface area contributed by atoms with Gasteiger partial charge in [0.05, 0.1) is 12.2 Å². The number of halogens is 2. The van der Waals surface area contributed by atoms with Gasteiger partial charge in [-0.3, -0.25) is 0 Å². The topological polar surface area (TPSA) is 53.4 Å². The van der Waals surface area contributed by atoms with Crippen molar-refractivity contribution in [3.8, 4) is 0 Å². The highest BCUT2D eigenvalue weighted by Gasteiger charge is 2.32. The van der Waals surface area contributed by atoms with E-state index in [9.17, 15) is 13.6 Å². The minimum Gasteiger partial charge on any atom is -0.477 e. The molecule has 94 valence electrons. The Morgan fingerprint density at radius 3 is 2.76 bits per heavy atom. The number of hydrogen-bond acceptors (Lipinski definition) is 4. The molecule has 1 N–H and O–H groups in total. The fraction of sp³-hybridized carbons (Fsp3) is 0.600. The van der Waals surface area contributed by atoms with E-state index in [2.05, 4.69) is 4.98 Å². The number of anilines is 1. The molecule has 0 saturated heterocycles. The molecule has 17 heavy (non-hydrogen) atoms. The quantitative estimate of drug-likeness (QED) is 0.885. The van der Waals surface area contributed by atoms with E-state index < -0.39 is 18.9 Å². The smallest absolute Gasteiger partial charge is 0.347 e. The van der Waals surface area contributed by atoms with Crippen molar-refractivity contribution in [2.45, 2.75) is 25.2 Å². The number of carboxylic acid groups (broad SMARTS) is 1. The first-order valence-electron chi connectivity index (χ1n) is 5.22. The van der Waals surface area contributed by atoms with E-state index in [1.807, 2.05) is 0 Å². The fourth-order valence-electron chi connectivity index (χ4n) is 1.56. The predicted octanol–water partition coefficient (Wildman–Crippen LogP) is 2.42. The van der Waals surface area contributed by atoms with Crippen LogP contribution in [0, 0.1) is 0 Å². The van der Waals surface area contributed by atoms with Crippen LogP contribution in [0.4, 0.5) is 13.9 Å². The van der Waals surface area contributed by atoms with Crippen molar-refractivity contribution in [1.82, 2.24) is 4.98 Å². The number of hydrogen-bond donors (Lipinski definition) is 1. The zero-order valence-corrected chi connectivity index (χ0v) is 10.0. The normalized spacial score (nSPS) is 15.3. The van der Waals surface area contributed by atoms with Crippen molar-refractivity contribution in [3.63, 3.8) is 0 Å². The summed E-state index contributed by atoms with van der Waals surface area (Å²) in [6, 6.07) is 0. The average Bonchev–Trinajstić information content (AvgIpc) is 2.95. The molecule has 1 saturated carbocycles. The third-order valence-electron chi connectivity index (χ3n) is 2.54. The Morgan fingerprint density at radius 2 is 2.29 bits per heavy atom. The first-order valence-corrected chi connectivity index (χ1v) is 6.04. The second-order valence-corrected chi connectivity index (χ2v) is 5.04. The molecule has 1 aromatic heterocycles. The van der Waals surface area contributed by atoms with Gasteiger partial charge < -0.3 is 10.0 Å². The number of nitrogens with zero attached hydrogens (tertiary/aromatic N) is 2. The van der Waals surface area contributed by atoms with Crippen LogP contribution in [0.15, 0.2) is 0 Å². The average molecular weight is 262 g/mol. The lowest BCUT2D eigenvalue weighted by molar-refractivity contribution is 0.0700. The summed E-state index contributed by atoms with van der Waals surface area (Å²) in [7, 11) is 1.49. The number of thiazole rings is 1. The first kappa shape index (κ1) is 12.2. The van der Waals surface area contributed by atoms with Gasteiger partial charge in [-0.25, -0.2) is 18.6 Å². The number of carbonyl (C=O) groups is 1. The largest absolute Gasteiger partial charge is 0.477 e. The molecule has 0 bridgehead atoms. The van der Waals surface area contributed by atoms with Crippen molar-refractivity contribution in [2.75, 3.05) is 18.5 Å². The summed E-state index contributed by atoms with van der Waals surface area (Å²) >= 11 is 0.968. The number of rotatable bonds is 5. The van der Waals surface area contributed by atoms with E-state index in [1.54, 1.807) is 0 Å². The minimum absolute atomic E-state index is 0.184. The molecule has 0 amide bonds. The van der Waals surface area contributed by atoms with Crippen LogP contribution in [0.5, 0.6) is 0 Å². The van der Waals surface area contributed by atoms with Crippen molar-refractivity contribution in [2.24, 2.45) is 0 Å². The maximum Gasteiger partial charge on any atom is 0.347 e. The minimum atomic E-state index is -2.46. The highest BCUT2D eigenvalue weighted by Crippen LogP contribution is 2.44. The Kier molecular flexibility index (Phi) is 3.28. The molecule has 1 aromatic rings. The molecule has 1 fully saturated rings. The lowest BCUT2D eigenvalue weighted by atomic mass is 10.2. The monoisotopic (exact) mass is 262 g/mol. The summed E-state index contributed by atoms with van der Waals surface area (Å²) in [5, 5.41) is 9.37. The van der Waals surface area contributed by atoms with E-state index in [0.717, 1.165) is 24.2 Å². The van der Waals surface area contributed by atoms with Crippen LogP contribution in [0.2, 0.25) is 0 Å². The predicted molar refractivity (Wildman–Crippen MR) is 60.3 cm³/mol. The second kappa shape index (κ2) is 4.56. The summed E-state index contributed by atoms with van der Waals surface area (Å²) < 4.78 is 24.5. The van der Waals surface area contributed by atoms with Gasteiger partial charge in [0, 0.05) is 13.0 Å². The van der Waals surface area contributed by atoms with Crippen LogP contribution >= 0.6 is 11.3 Å². The molecule has 1 aliphatic carbocycles. The van der Waals surface area contributed by atoms with Crippen LogP contribution in [0.1, 0.15) is 34.1 Å². The van der Waals surface area contributed by atoms with Crippen LogP contribution in [-0.4, -0.2) is 36.1 Å². The third kappa shape index (κ3) is 2.71. The maximum atomic E-state index is 12.2. The highest BCUT2D eigenvalue weighted by atomic mass is 32.1. The molecule has 2 rings (SSSR count). The number of aromatic carboxylic acids is 1. The molecule has 0 radical (unpaired) electrons. The molecule has 0 aromatic carbocycles. The molecule has 0 atom stereocenters. The van der Waals surface area contributed by atoms with Crippen molar-refractivity contribution >= 4 is 22.4 Å². The molecule has 1 aliphatic rings. The Balaban J connectivity index is 2.23. The molecular weight excluding hydrogens is 250 g/mol. The number of carboxylic acids is 1. The SMILES string of the molecule is CN(CC(F)F)c1nc(C2CC2)c(C(=O)O)s1. The number of aromatic nitrogens is 1. The number of alkyl halides is 2. The lowest BCUT2D eigenvalue weighted by Gasteiger charge is -2.14. The van der Waals surface area contributed by atoms with Crippen LogP contribution < -0.4 is 4.90 Å². The van der Waals surface area contributed by atoms with Crippen molar-refractivity contribution in [1.29, 1.82) is 0 Å². The standard InChI is InChI=1S/C10H12F2N2O2S/c1-14(4-6(11)12)10-13-7(5-2-3-5)8(17-10)9(15)16/h5-6H,2-4H2,1H3,(H,15,16). The van der Waals surface area contributed by atoms with Gasteiger partial charge in [0.15, 0.2) is 5.13 Å². The van der Waals surface area contributed by atoms with Gasteiger partial charge in [-0.05, 0) is 12.8 Å². The van der Waals surface area contributed by atoms with E-state index in [4.69, 9.17) is 5.11 Å². The molecule has 4 nitrogen and oxygen atoms in total. The Hall–Kier alpha value is -1.24. The summed E-state index contributed by atoms with van der Waals surface area (Å²) in [6.07, 6.45) is -0.592. The lowest BCUT2D eigenvalue weighted by Crippen LogP contribution is -2.23. The summed E-state index contributed by atoms with van der Waals surface area (Å²) in [4.78, 5) is 16.7. The molecule has 0 aliphatic heterocycles. The summed E-state index contributed by atoms with van der Waals surface area (Å²) in [5.74, 6) is -0.827. The zero-order valence-electron chi connectivity index (χ0n) is 9.19. The van der Waals surface area contributed by atoms with Crippen molar-refractivity contribution < 1.29 is 18.7 Å². The van der Waals surface area contributed by atoms with E-state index in [1.165, 1.54) is 11.9 Å². The molecule has 7 heteroatoms. The van der Waals surface area contributed by atoms with Crippen molar-refractivity contribution in [3.05, 3.63) is 10.6 Å². The van der Waals surface area contributed by atoms with Gasteiger partial charge in [0.2, 0.25) is 0 Å². The maximum absolute atomic E-state index is 12.2. The van der Waals surface area contributed by atoms with E-state index in [-0.39, 0.29) is 10.8 Å². The zero-order chi connectivity index (χ0) is 12.6. The van der Waals surface area contributed by atoms with Gasteiger partial charge in [0.25, 0.3) is 6.43 Å². The van der Waals surface area contributed by atoms with Gasteiger partial charge in [-0.15, -0.1) is 0 Å². The van der Waals surface area contributed by atoms with Gasteiger partial charge in [0.1, 0.15) is 4.88 Å². The van der Waals surface area contributed by atoms with Crippen LogP contribution in [-0.2, 0) is 0 Å². The molecule has 1 heterocycles. The third-order valence-corrected chi connectivity index (χ3v) is 3.71. The molecule has 0 spiro atoms. The first-order chi connectivity index (χ1) is 7.99. The van der Waals surface area contributed by atoms with Crippen LogP contribution in [0.3, 0.4) is 0 Å². The Bertz CT molecular complexity index is 432. The Labute approximate surface area is 101 Å². The fourth-order valence-corrected chi connectivity index (χ4v) is 2.52. The van der Waals surface area contributed by atoms with E-state index in [0.29, 0.717) is 10.8 Å². The Morgan fingerprint density at radius 1 is 1.65 bits per heavy atom. The van der Waals surface area contributed by atoms with Crippen LogP contribution in [0.25, 0.3) is 0 Å². The highest BCUT2D eigenvalue weighted by molar-refractivity contribution is 7.17. The second-order valence-electron chi connectivity index (χ2n) is 4.06.